The van der Waals surface area contributed by atoms with Gasteiger partial charge in [-0.3, -0.25) is 14.9 Å². The van der Waals surface area contributed by atoms with Gasteiger partial charge in [0.1, 0.15) is 11.5 Å². The van der Waals surface area contributed by atoms with Crippen LogP contribution in [0.5, 0.6) is 0 Å². The number of benzene rings is 2. The standard InChI is InChI=1S/C19H17FN4O3/c1-2-10-21-19(25)18-12-17(15-8-3-4-9-16(15)20)22-23(18)13-6-5-7-14(11-13)24(26)27/h3-9,11-12H,2,10H2,1H3,(H,21,25). The van der Waals surface area contributed by atoms with Gasteiger partial charge in [0.05, 0.1) is 16.3 Å². The normalized spacial score (nSPS) is 10.6. The topological polar surface area (TPSA) is 90.1 Å². The number of carbonyl (C=O) groups is 1. The molecule has 0 aliphatic heterocycles. The SMILES string of the molecule is CCCNC(=O)c1cc(-c2ccccc2F)nn1-c1cccc([N+](=O)[O-])c1. The van der Waals surface area contributed by atoms with Crippen LogP contribution in [0.2, 0.25) is 0 Å². The van der Waals surface area contributed by atoms with Crippen molar-refractivity contribution >= 4 is 11.6 Å². The summed E-state index contributed by atoms with van der Waals surface area (Å²) in [6.07, 6.45) is 0.747. The van der Waals surface area contributed by atoms with Gasteiger partial charge in [-0.15, -0.1) is 0 Å². The van der Waals surface area contributed by atoms with Crippen molar-refractivity contribution in [3.63, 3.8) is 0 Å². The molecule has 3 rings (SSSR count). The van der Waals surface area contributed by atoms with Crippen molar-refractivity contribution in [3.8, 4) is 16.9 Å². The highest BCUT2D eigenvalue weighted by molar-refractivity contribution is 5.94. The van der Waals surface area contributed by atoms with Crippen LogP contribution in [0.25, 0.3) is 16.9 Å². The molecule has 0 saturated carbocycles. The molecule has 0 spiro atoms. The van der Waals surface area contributed by atoms with Gasteiger partial charge in [-0.05, 0) is 30.7 Å². The summed E-state index contributed by atoms with van der Waals surface area (Å²) < 4.78 is 15.4. The fourth-order valence-electron chi connectivity index (χ4n) is 2.61. The predicted octanol–water partition coefficient (Wildman–Crippen LogP) is 3.73. The molecule has 2 aromatic carbocycles. The lowest BCUT2D eigenvalue weighted by atomic mass is 10.1. The Morgan fingerprint density at radius 2 is 2.00 bits per heavy atom. The summed E-state index contributed by atoms with van der Waals surface area (Å²) in [5.74, 6) is -0.861. The number of nitro benzene ring substituents is 1. The van der Waals surface area contributed by atoms with Crippen LogP contribution in [0, 0.1) is 15.9 Å². The Hall–Kier alpha value is -3.55. The van der Waals surface area contributed by atoms with Gasteiger partial charge in [-0.2, -0.15) is 5.10 Å². The summed E-state index contributed by atoms with van der Waals surface area (Å²) in [6, 6.07) is 13.3. The third-order valence-electron chi connectivity index (χ3n) is 3.91. The monoisotopic (exact) mass is 368 g/mol. The number of non-ortho nitro benzene ring substituents is 1. The molecule has 138 valence electrons. The van der Waals surface area contributed by atoms with Crippen LogP contribution in [0.15, 0.2) is 54.6 Å². The van der Waals surface area contributed by atoms with Gasteiger partial charge < -0.3 is 5.32 Å². The van der Waals surface area contributed by atoms with E-state index in [0.29, 0.717) is 12.2 Å². The number of halogens is 1. The molecule has 1 aromatic heterocycles. The molecule has 1 N–H and O–H groups in total. The van der Waals surface area contributed by atoms with E-state index in [9.17, 15) is 19.3 Å². The first-order valence-corrected chi connectivity index (χ1v) is 8.39. The summed E-state index contributed by atoms with van der Waals surface area (Å²) in [6.45, 7) is 2.39. The molecule has 0 bridgehead atoms. The molecule has 0 unspecified atom stereocenters. The Labute approximate surface area is 154 Å². The zero-order valence-corrected chi connectivity index (χ0v) is 14.6. The van der Waals surface area contributed by atoms with Gasteiger partial charge >= 0.3 is 0 Å². The summed E-state index contributed by atoms with van der Waals surface area (Å²) in [7, 11) is 0. The zero-order chi connectivity index (χ0) is 19.4. The average Bonchev–Trinajstić information content (AvgIpc) is 3.12. The highest BCUT2D eigenvalue weighted by atomic mass is 19.1. The minimum absolute atomic E-state index is 0.129. The smallest absolute Gasteiger partial charge is 0.271 e. The van der Waals surface area contributed by atoms with E-state index in [-0.39, 0.29) is 22.6 Å². The molecule has 0 aliphatic carbocycles. The van der Waals surface area contributed by atoms with E-state index >= 15 is 0 Å². The minimum Gasteiger partial charge on any atom is -0.351 e. The molecule has 3 aromatic rings. The van der Waals surface area contributed by atoms with Gasteiger partial charge in [0.15, 0.2) is 0 Å². The largest absolute Gasteiger partial charge is 0.351 e. The molecule has 1 heterocycles. The van der Waals surface area contributed by atoms with E-state index in [2.05, 4.69) is 10.4 Å². The molecule has 0 aliphatic rings. The average molecular weight is 368 g/mol. The van der Waals surface area contributed by atoms with Crippen molar-refractivity contribution in [3.05, 3.63) is 76.2 Å². The maximum absolute atomic E-state index is 14.2. The number of hydrogen-bond donors (Lipinski definition) is 1. The van der Waals surface area contributed by atoms with Gasteiger partial charge in [-0.25, -0.2) is 9.07 Å². The summed E-state index contributed by atoms with van der Waals surface area (Å²) in [4.78, 5) is 23.1. The lowest BCUT2D eigenvalue weighted by molar-refractivity contribution is -0.384. The van der Waals surface area contributed by atoms with Gasteiger partial charge in [0, 0.05) is 24.2 Å². The number of carbonyl (C=O) groups excluding carboxylic acids is 1. The Balaban J connectivity index is 2.13. The fraction of sp³-hybridized carbons (Fsp3) is 0.158. The van der Waals surface area contributed by atoms with E-state index in [4.69, 9.17) is 0 Å². The van der Waals surface area contributed by atoms with Gasteiger partial charge in [-0.1, -0.05) is 25.1 Å². The molecule has 0 fully saturated rings. The van der Waals surface area contributed by atoms with Crippen molar-refractivity contribution in [2.45, 2.75) is 13.3 Å². The van der Waals surface area contributed by atoms with Crippen molar-refractivity contribution in [1.29, 1.82) is 0 Å². The van der Waals surface area contributed by atoms with Crippen molar-refractivity contribution in [1.82, 2.24) is 15.1 Å². The van der Waals surface area contributed by atoms with Crippen LogP contribution in [-0.4, -0.2) is 27.2 Å². The molecule has 27 heavy (non-hydrogen) atoms. The Morgan fingerprint density at radius 1 is 1.22 bits per heavy atom. The maximum atomic E-state index is 14.2. The highest BCUT2D eigenvalue weighted by Gasteiger charge is 2.20. The minimum atomic E-state index is -0.526. The third-order valence-corrected chi connectivity index (χ3v) is 3.91. The number of aromatic nitrogens is 2. The lowest BCUT2D eigenvalue weighted by Gasteiger charge is -2.07. The molecular weight excluding hydrogens is 351 g/mol. The zero-order valence-electron chi connectivity index (χ0n) is 14.6. The van der Waals surface area contributed by atoms with Crippen LogP contribution >= 0.6 is 0 Å². The first-order chi connectivity index (χ1) is 13.0. The highest BCUT2D eigenvalue weighted by Crippen LogP contribution is 2.25. The molecule has 8 heteroatoms. The summed E-state index contributed by atoms with van der Waals surface area (Å²) in [5, 5.41) is 18.1. The first-order valence-electron chi connectivity index (χ1n) is 8.39. The van der Waals surface area contributed by atoms with Crippen LogP contribution < -0.4 is 5.32 Å². The number of amides is 1. The van der Waals surface area contributed by atoms with Crippen LogP contribution in [-0.2, 0) is 0 Å². The number of nitrogens with zero attached hydrogens (tertiary/aromatic N) is 3. The number of nitrogens with one attached hydrogen (secondary N) is 1. The van der Waals surface area contributed by atoms with Crippen LogP contribution in [0.4, 0.5) is 10.1 Å². The second-order valence-electron chi connectivity index (χ2n) is 5.84. The lowest BCUT2D eigenvalue weighted by Crippen LogP contribution is -2.26. The summed E-state index contributed by atoms with van der Waals surface area (Å²) in [5.41, 5.74) is 0.887. The van der Waals surface area contributed by atoms with Crippen LogP contribution in [0.1, 0.15) is 23.8 Å². The van der Waals surface area contributed by atoms with Crippen molar-refractivity contribution in [2.24, 2.45) is 0 Å². The molecule has 0 atom stereocenters. The van der Waals surface area contributed by atoms with Crippen LogP contribution in [0.3, 0.4) is 0 Å². The molecule has 7 nitrogen and oxygen atoms in total. The molecule has 0 saturated heterocycles. The Morgan fingerprint density at radius 3 is 2.70 bits per heavy atom. The van der Waals surface area contributed by atoms with E-state index in [1.54, 1.807) is 24.3 Å². The van der Waals surface area contributed by atoms with Gasteiger partial charge in [0.2, 0.25) is 0 Å². The van der Waals surface area contributed by atoms with E-state index in [1.165, 1.54) is 35.0 Å². The third kappa shape index (κ3) is 3.84. The second kappa shape index (κ2) is 7.77. The second-order valence-corrected chi connectivity index (χ2v) is 5.84. The van der Waals surface area contributed by atoms with Gasteiger partial charge in [0.25, 0.3) is 11.6 Å². The molecule has 1 amide bonds. The predicted molar refractivity (Wildman–Crippen MR) is 98.2 cm³/mol. The quantitative estimate of drug-likeness (QED) is 0.530. The van der Waals surface area contributed by atoms with Crippen molar-refractivity contribution < 1.29 is 14.1 Å². The van der Waals surface area contributed by atoms with E-state index in [0.717, 1.165) is 6.42 Å². The van der Waals surface area contributed by atoms with Crippen molar-refractivity contribution in [2.75, 3.05) is 6.54 Å². The Bertz CT molecular complexity index is 1000. The molecular formula is C19H17FN4O3. The summed E-state index contributed by atoms with van der Waals surface area (Å²) >= 11 is 0. The number of hydrogen-bond acceptors (Lipinski definition) is 4. The van der Waals surface area contributed by atoms with E-state index < -0.39 is 16.6 Å². The van der Waals surface area contributed by atoms with E-state index in [1.807, 2.05) is 6.92 Å². The Kier molecular flexibility index (Phi) is 5.25. The maximum Gasteiger partial charge on any atom is 0.271 e. The first kappa shape index (κ1) is 18.2. The molecule has 0 radical (unpaired) electrons. The number of nitro groups is 1. The number of rotatable bonds is 6. The fourth-order valence-corrected chi connectivity index (χ4v) is 2.61.